The van der Waals surface area contributed by atoms with Crippen LogP contribution in [-0.4, -0.2) is 35.4 Å². The van der Waals surface area contributed by atoms with E-state index < -0.39 is 0 Å². The van der Waals surface area contributed by atoms with Gasteiger partial charge in [0.1, 0.15) is 6.33 Å². The molecule has 4 rings (SSSR count). The molecule has 140 valence electrons. The first kappa shape index (κ1) is 18.1. The van der Waals surface area contributed by atoms with Crippen LogP contribution in [0.5, 0.6) is 0 Å². The van der Waals surface area contributed by atoms with Crippen molar-refractivity contribution in [2.24, 2.45) is 0 Å². The molecule has 1 amide bonds. The number of nitrogens with zero attached hydrogens (tertiary/aromatic N) is 6. The summed E-state index contributed by atoms with van der Waals surface area (Å²) < 4.78 is 4.31. The van der Waals surface area contributed by atoms with Gasteiger partial charge in [0.05, 0.1) is 24.0 Å². The highest BCUT2D eigenvalue weighted by Gasteiger charge is 2.17. The van der Waals surface area contributed by atoms with Crippen LogP contribution in [0, 0.1) is 6.92 Å². The first-order valence-corrected chi connectivity index (χ1v) is 9.31. The van der Waals surface area contributed by atoms with Gasteiger partial charge in [-0.1, -0.05) is 34.1 Å². The molecule has 1 N–H and O–H groups in total. The molecular weight excluding hydrogens is 422 g/mol. The maximum Gasteiger partial charge on any atom is 0.261 e. The number of hydrogen-bond donors (Lipinski definition) is 1. The Morgan fingerprint density at radius 2 is 1.96 bits per heavy atom. The Balaban J connectivity index is 1.47. The Morgan fingerprint density at radius 3 is 2.71 bits per heavy atom. The number of amides is 1. The minimum Gasteiger partial charge on any atom is -0.289 e. The number of carbonyl (C=O) groups is 1. The number of rotatable bonds is 5. The molecule has 0 spiro atoms. The van der Waals surface area contributed by atoms with Crippen LogP contribution in [0.2, 0.25) is 0 Å². The van der Waals surface area contributed by atoms with Crippen molar-refractivity contribution in [2.75, 3.05) is 5.32 Å². The highest BCUT2D eigenvalue weighted by Crippen LogP contribution is 2.14. The predicted octanol–water partition coefficient (Wildman–Crippen LogP) is 3.23. The van der Waals surface area contributed by atoms with Gasteiger partial charge in [-0.3, -0.25) is 10.1 Å². The molecular formula is C19H16BrN7O. The van der Waals surface area contributed by atoms with Gasteiger partial charge in [0, 0.05) is 10.7 Å². The minimum absolute atomic E-state index is 0.243. The maximum atomic E-state index is 12.6. The zero-order valence-electron chi connectivity index (χ0n) is 15.0. The quantitative estimate of drug-likeness (QED) is 0.517. The molecule has 3 aromatic heterocycles. The van der Waals surface area contributed by atoms with Crippen molar-refractivity contribution in [3.63, 3.8) is 0 Å². The van der Waals surface area contributed by atoms with Crippen molar-refractivity contribution in [2.45, 2.75) is 13.5 Å². The summed E-state index contributed by atoms with van der Waals surface area (Å²) in [5, 5.41) is 11.3. The SMILES string of the molecule is Cc1c(C(=O)Nc2ncn(Cc3ccc(Br)cc3)n2)cnn1-c1ccccn1. The smallest absolute Gasteiger partial charge is 0.261 e. The first-order valence-electron chi connectivity index (χ1n) is 8.51. The Morgan fingerprint density at radius 1 is 1.14 bits per heavy atom. The number of benzene rings is 1. The summed E-state index contributed by atoms with van der Waals surface area (Å²) in [5.74, 6) is 0.573. The maximum absolute atomic E-state index is 12.6. The van der Waals surface area contributed by atoms with Gasteiger partial charge in [0.25, 0.3) is 5.91 Å². The Kier molecular flexibility index (Phi) is 4.98. The molecule has 0 aliphatic rings. The second kappa shape index (κ2) is 7.73. The van der Waals surface area contributed by atoms with E-state index in [0.29, 0.717) is 23.6 Å². The minimum atomic E-state index is -0.318. The number of aromatic nitrogens is 6. The third kappa shape index (κ3) is 3.84. The van der Waals surface area contributed by atoms with E-state index in [1.165, 1.54) is 6.20 Å². The van der Waals surface area contributed by atoms with Gasteiger partial charge in [-0.2, -0.15) is 5.10 Å². The van der Waals surface area contributed by atoms with Crippen LogP contribution < -0.4 is 5.32 Å². The number of pyridine rings is 1. The fraction of sp³-hybridized carbons (Fsp3) is 0.105. The Hall–Kier alpha value is -3.33. The van der Waals surface area contributed by atoms with Crippen LogP contribution in [0.1, 0.15) is 21.6 Å². The monoisotopic (exact) mass is 437 g/mol. The highest BCUT2D eigenvalue weighted by atomic mass is 79.9. The molecule has 9 heteroatoms. The molecule has 0 radical (unpaired) electrons. The summed E-state index contributed by atoms with van der Waals surface area (Å²) in [7, 11) is 0. The molecule has 0 aliphatic heterocycles. The molecule has 0 fully saturated rings. The summed E-state index contributed by atoms with van der Waals surface area (Å²) in [6.07, 6.45) is 4.78. The van der Waals surface area contributed by atoms with Crippen molar-refractivity contribution in [3.05, 3.63) is 82.5 Å². The second-order valence-corrected chi connectivity index (χ2v) is 7.01. The molecule has 0 saturated carbocycles. The van der Waals surface area contributed by atoms with Gasteiger partial charge in [0.15, 0.2) is 5.82 Å². The Bertz CT molecular complexity index is 1100. The zero-order valence-corrected chi connectivity index (χ0v) is 16.5. The third-order valence-corrected chi connectivity index (χ3v) is 4.67. The fourth-order valence-corrected chi connectivity index (χ4v) is 2.98. The summed E-state index contributed by atoms with van der Waals surface area (Å²) in [4.78, 5) is 21.0. The van der Waals surface area contributed by atoms with E-state index in [1.54, 1.807) is 21.9 Å². The largest absolute Gasteiger partial charge is 0.289 e. The average molecular weight is 438 g/mol. The van der Waals surface area contributed by atoms with Gasteiger partial charge in [0.2, 0.25) is 5.95 Å². The zero-order chi connectivity index (χ0) is 19.5. The normalized spacial score (nSPS) is 10.8. The van der Waals surface area contributed by atoms with Crippen molar-refractivity contribution >= 4 is 27.8 Å². The molecule has 0 aliphatic carbocycles. The van der Waals surface area contributed by atoms with Crippen molar-refractivity contribution < 1.29 is 4.79 Å². The van der Waals surface area contributed by atoms with Gasteiger partial charge < -0.3 is 0 Å². The number of carbonyl (C=O) groups excluding carboxylic acids is 1. The lowest BCUT2D eigenvalue weighted by molar-refractivity contribution is 0.102. The van der Waals surface area contributed by atoms with Crippen LogP contribution >= 0.6 is 15.9 Å². The highest BCUT2D eigenvalue weighted by molar-refractivity contribution is 9.10. The fourth-order valence-electron chi connectivity index (χ4n) is 2.72. The summed E-state index contributed by atoms with van der Waals surface area (Å²) in [5.41, 5.74) is 2.21. The molecule has 0 bridgehead atoms. The van der Waals surface area contributed by atoms with E-state index in [-0.39, 0.29) is 11.9 Å². The van der Waals surface area contributed by atoms with Crippen LogP contribution in [0.4, 0.5) is 5.95 Å². The molecule has 28 heavy (non-hydrogen) atoms. The van der Waals surface area contributed by atoms with E-state index in [2.05, 4.69) is 41.4 Å². The standard InChI is InChI=1S/C19H16BrN7O/c1-13-16(10-23-27(13)17-4-2-3-9-21-17)18(28)24-19-22-12-26(25-19)11-14-5-7-15(20)8-6-14/h2-10,12H,11H2,1H3,(H,24,25,28). The second-order valence-electron chi connectivity index (χ2n) is 6.09. The Labute approximate surface area is 169 Å². The average Bonchev–Trinajstić information content (AvgIpc) is 3.30. The van der Waals surface area contributed by atoms with Gasteiger partial charge in [-0.05, 0) is 36.8 Å². The summed E-state index contributed by atoms with van der Waals surface area (Å²) >= 11 is 3.41. The van der Waals surface area contributed by atoms with E-state index in [1.807, 2.05) is 49.4 Å². The van der Waals surface area contributed by atoms with E-state index in [9.17, 15) is 4.79 Å². The van der Waals surface area contributed by atoms with E-state index in [0.717, 1.165) is 10.0 Å². The first-order chi connectivity index (χ1) is 13.6. The molecule has 0 atom stereocenters. The molecule has 4 aromatic rings. The molecule has 0 unspecified atom stereocenters. The number of hydrogen-bond acceptors (Lipinski definition) is 5. The van der Waals surface area contributed by atoms with Gasteiger partial charge in [-0.15, -0.1) is 5.10 Å². The van der Waals surface area contributed by atoms with Crippen LogP contribution in [0.25, 0.3) is 5.82 Å². The van der Waals surface area contributed by atoms with Crippen LogP contribution in [0.15, 0.2) is 65.7 Å². The molecule has 3 heterocycles. The lowest BCUT2D eigenvalue weighted by atomic mass is 10.2. The van der Waals surface area contributed by atoms with Crippen LogP contribution in [0.3, 0.4) is 0 Å². The van der Waals surface area contributed by atoms with Crippen molar-refractivity contribution in [1.29, 1.82) is 0 Å². The topological polar surface area (TPSA) is 90.5 Å². The lowest BCUT2D eigenvalue weighted by Gasteiger charge is -2.04. The number of halogens is 1. The van der Waals surface area contributed by atoms with E-state index >= 15 is 0 Å². The van der Waals surface area contributed by atoms with Crippen molar-refractivity contribution in [1.82, 2.24) is 29.5 Å². The molecule has 8 nitrogen and oxygen atoms in total. The summed E-state index contributed by atoms with van der Waals surface area (Å²) in [6.45, 7) is 2.38. The van der Waals surface area contributed by atoms with Gasteiger partial charge in [-0.25, -0.2) is 19.3 Å². The van der Waals surface area contributed by atoms with Gasteiger partial charge >= 0.3 is 0 Å². The molecule has 1 aromatic carbocycles. The number of anilines is 1. The molecule has 0 saturated heterocycles. The summed E-state index contributed by atoms with van der Waals surface area (Å²) in [6, 6.07) is 13.5. The number of nitrogens with one attached hydrogen (secondary N) is 1. The third-order valence-electron chi connectivity index (χ3n) is 4.14. The van der Waals surface area contributed by atoms with E-state index in [4.69, 9.17) is 0 Å². The lowest BCUT2D eigenvalue weighted by Crippen LogP contribution is -2.14. The predicted molar refractivity (Wildman–Crippen MR) is 107 cm³/mol. The van der Waals surface area contributed by atoms with Crippen LogP contribution in [-0.2, 0) is 6.54 Å². The van der Waals surface area contributed by atoms with Crippen molar-refractivity contribution in [3.8, 4) is 5.82 Å².